The number of hydrogen-bond acceptors (Lipinski definition) is 3. The minimum absolute atomic E-state index is 0.148. The van der Waals surface area contributed by atoms with Crippen molar-refractivity contribution in [3.8, 4) is 6.07 Å². The van der Waals surface area contributed by atoms with E-state index in [2.05, 4.69) is 26.9 Å². The van der Waals surface area contributed by atoms with Gasteiger partial charge in [0.2, 0.25) is 0 Å². The predicted octanol–water partition coefficient (Wildman–Crippen LogP) is 6.00. The van der Waals surface area contributed by atoms with Crippen LogP contribution < -0.4 is 0 Å². The first-order chi connectivity index (χ1) is 15.4. The largest absolute Gasteiger partial charge is 0.481 e. The molecule has 162 valence electrons. The van der Waals surface area contributed by atoms with Crippen molar-refractivity contribution in [3.05, 3.63) is 104 Å². The maximum absolute atomic E-state index is 13.9. The zero-order valence-corrected chi connectivity index (χ0v) is 19.2. The predicted molar refractivity (Wildman–Crippen MR) is 124 cm³/mol. The molecule has 0 spiro atoms. The van der Waals surface area contributed by atoms with Crippen LogP contribution in [0.15, 0.2) is 71.2 Å². The minimum Gasteiger partial charge on any atom is -0.481 e. The lowest BCUT2D eigenvalue weighted by Crippen LogP contribution is -2.52. The Labute approximate surface area is 199 Å². The molecule has 32 heavy (non-hydrogen) atoms. The molecule has 0 aliphatic carbocycles. The molecular weight excluding hydrogens is 495 g/mol. The van der Waals surface area contributed by atoms with Gasteiger partial charge in [-0.25, -0.2) is 4.39 Å². The van der Waals surface area contributed by atoms with E-state index in [9.17, 15) is 19.6 Å². The van der Waals surface area contributed by atoms with Crippen molar-refractivity contribution in [1.82, 2.24) is 4.90 Å². The van der Waals surface area contributed by atoms with Gasteiger partial charge in [-0.1, -0.05) is 51.8 Å². The fourth-order valence-electron chi connectivity index (χ4n) is 4.38. The van der Waals surface area contributed by atoms with E-state index in [1.54, 1.807) is 12.1 Å². The van der Waals surface area contributed by atoms with Crippen LogP contribution in [0.5, 0.6) is 0 Å². The maximum Gasteiger partial charge on any atom is 0.311 e. The lowest BCUT2D eigenvalue weighted by Gasteiger charge is -2.47. The van der Waals surface area contributed by atoms with Crippen molar-refractivity contribution < 1.29 is 14.3 Å². The van der Waals surface area contributed by atoms with Gasteiger partial charge in [0.25, 0.3) is 0 Å². The number of benzene rings is 3. The number of hydrogen-bond donors (Lipinski definition) is 1. The van der Waals surface area contributed by atoms with Gasteiger partial charge < -0.3 is 5.11 Å². The maximum atomic E-state index is 13.9. The fraction of sp³-hybridized carbons (Fsp3) is 0.200. The summed E-state index contributed by atoms with van der Waals surface area (Å²) in [6.07, 6.45) is 0. The Morgan fingerprint density at radius 1 is 1.09 bits per heavy atom. The minimum atomic E-state index is -0.971. The number of carbonyl (C=O) groups is 1. The Hall–Kier alpha value is -2.72. The van der Waals surface area contributed by atoms with E-state index >= 15 is 0 Å². The molecule has 1 unspecified atom stereocenters. The van der Waals surface area contributed by atoms with E-state index < -0.39 is 17.7 Å². The van der Waals surface area contributed by atoms with Gasteiger partial charge in [0.1, 0.15) is 5.82 Å². The van der Waals surface area contributed by atoms with Crippen LogP contribution in [0.1, 0.15) is 34.2 Å². The van der Waals surface area contributed by atoms with Gasteiger partial charge in [0.15, 0.2) is 0 Å². The van der Waals surface area contributed by atoms with E-state index in [0.29, 0.717) is 33.7 Å². The molecular formula is C25H19BrClFN2O2. The van der Waals surface area contributed by atoms with Crippen molar-refractivity contribution in [2.45, 2.75) is 12.0 Å². The van der Waals surface area contributed by atoms with E-state index in [4.69, 9.17) is 11.6 Å². The molecule has 0 amide bonds. The number of rotatable bonds is 6. The first-order valence-corrected chi connectivity index (χ1v) is 11.2. The third-order valence-corrected chi connectivity index (χ3v) is 6.51. The fourth-order valence-corrected chi connectivity index (χ4v) is 4.99. The van der Waals surface area contributed by atoms with Gasteiger partial charge in [0, 0.05) is 28.5 Å². The van der Waals surface area contributed by atoms with Gasteiger partial charge >= 0.3 is 5.97 Å². The molecule has 0 saturated carbocycles. The number of aliphatic carboxylic acids is 1. The molecule has 1 aliphatic heterocycles. The van der Waals surface area contributed by atoms with Gasteiger partial charge in [-0.3, -0.25) is 9.69 Å². The number of nitriles is 1. The molecule has 1 fully saturated rings. The molecule has 1 N–H and O–H groups in total. The highest BCUT2D eigenvalue weighted by molar-refractivity contribution is 9.10. The second-order valence-corrected chi connectivity index (χ2v) is 9.28. The summed E-state index contributed by atoms with van der Waals surface area (Å²) >= 11 is 9.33. The molecule has 3 aromatic carbocycles. The van der Waals surface area contributed by atoms with Crippen LogP contribution in [0.2, 0.25) is 5.02 Å². The van der Waals surface area contributed by atoms with Crippen LogP contribution in [0.4, 0.5) is 4.39 Å². The molecule has 2 atom stereocenters. The molecule has 1 saturated heterocycles. The highest BCUT2D eigenvalue weighted by atomic mass is 79.9. The van der Waals surface area contributed by atoms with Crippen LogP contribution in [0.25, 0.3) is 0 Å². The van der Waals surface area contributed by atoms with Gasteiger partial charge in [-0.2, -0.15) is 5.26 Å². The SMILES string of the molecule is N#Cc1cccc(C(c2ccc(Cl)cc2)N2CC([C@@H](C(=O)O)c3cc(F)cc(Br)c3)C2)c1. The Morgan fingerprint density at radius 2 is 1.81 bits per heavy atom. The molecule has 7 heteroatoms. The monoisotopic (exact) mass is 512 g/mol. The zero-order chi connectivity index (χ0) is 22.8. The summed E-state index contributed by atoms with van der Waals surface area (Å²) in [6.45, 7) is 1.05. The Kier molecular flexibility index (Phi) is 6.61. The molecule has 1 aliphatic rings. The first-order valence-electron chi connectivity index (χ1n) is 10.0. The molecule has 0 radical (unpaired) electrons. The van der Waals surface area contributed by atoms with E-state index in [1.165, 1.54) is 12.1 Å². The molecule has 0 bridgehead atoms. The molecule has 0 aromatic heterocycles. The summed E-state index contributed by atoms with van der Waals surface area (Å²) in [5, 5.41) is 19.8. The van der Waals surface area contributed by atoms with E-state index in [1.807, 2.05) is 42.5 Å². The number of likely N-dealkylation sites (tertiary alicyclic amines) is 1. The topological polar surface area (TPSA) is 64.3 Å². The van der Waals surface area contributed by atoms with Crippen LogP contribution in [-0.2, 0) is 4.79 Å². The number of halogens is 3. The number of carboxylic acid groups (broad SMARTS) is 1. The average molecular weight is 514 g/mol. The van der Waals surface area contributed by atoms with Crippen LogP contribution >= 0.6 is 27.5 Å². The number of nitrogens with zero attached hydrogens (tertiary/aromatic N) is 2. The van der Waals surface area contributed by atoms with Gasteiger partial charge in [0.05, 0.1) is 23.6 Å². The molecule has 4 rings (SSSR count). The van der Waals surface area contributed by atoms with Crippen molar-refractivity contribution >= 4 is 33.5 Å². The summed E-state index contributed by atoms with van der Waals surface area (Å²) in [5.74, 6) is -2.42. The second kappa shape index (κ2) is 9.41. The lowest BCUT2D eigenvalue weighted by atomic mass is 9.79. The Balaban J connectivity index is 1.63. The zero-order valence-electron chi connectivity index (χ0n) is 16.9. The molecule has 4 nitrogen and oxygen atoms in total. The van der Waals surface area contributed by atoms with Crippen LogP contribution in [0.3, 0.4) is 0 Å². The van der Waals surface area contributed by atoms with E-state index in [-0.39, 0.29) is 12.0 Å². The summed E-state index contributed by atoms with van der Waals surface area (Å²) < 4.78 is 14.4. The quantitative estimate of drug-likeness (QED) is 0.439. The standard InChI is InChI=1S/C25H19BrClFN2O2/c26-20-9-18(10-22(28)11-20)23(25(31)32)19-13-30(14-19)24(16-4-6-21(27)7-5-16)17-3-1-2-15(8-17)12-29/h1-11,19,23-24H,13-14H2,(H,31,32)/t23-,24?/m0/s1. The summed E-state index contributed by atoms with van der Waals surface area (Å²) in [5.41, 5.74) is 2.96. The Bertz CT molecular complexity index is 1170. The van der Waals surface area contributed by atoms with Gasteiger partial charge in [-0.15, -0.1) is 0 Å². The third-order valence-electron chi connectivity index (χ3n) is 5.80. The Morgan fingerprint density at radius 3 is 2.44 bits per heavy atom. The summed E-state index contributed by atoms with van der Waals surface area (Å²) in [6, 6.07) is 21.2. The first kappa shape index (κ1) is 22.5. The number of carboxylic acids is 1. The summed E-state index contributed by atoms with van der Waals surface area (Å²) in [4.78, 5) is 14.3. The molecule has 1 heterocycles. The second-order valence-electron chi connectivity index (χ2n) is 7.92. The average Bonchev–Trinajstić information content (AvgIpc) is 2.72. The highest BCUT2D eigenvalue weighted by Gasteiger charge is 2.42. The van der Waals surface area contributed by atoms with Crippen LogP contribution in [-0.4, -0.2) is 29.1 Å². The highest BCUT2D eigenvalue weighted by Crippen LogP contribution is 2.40. The van der Waals surface area contributed by atoms with Crippen molar-refractivity contribution in [1.29, 1.82) is 5.26 Å². The van der Waals surface area contributed by atoms with Crippen molar-refractivity contribution in [2.24, 2.45) is 5.92 Å². The van der Waals surface area contributed by atoms with Crippen LogP contribution in [0, 0.1) is 23.1 Å². The lowest BCUT2D eigenvalue weighted by molar-refractivity contribution is -0.142. The van der Waals surface area contributed by atoms with E-state index in [0.717, 1.165) is 11.1 Å². The molecule has 3 aromatic rings. The van der Waals surface area contributed by atoms with Crippen molar-refractivity contribution in [2.75, 3.05) is 13.1 Å². The third kappa shape index (κ3) is 4.71. The summed E-state index contributed by atoms with van der Waals surface area (Å²) in [7, 11) is 0. The van der Waals surface area contributed by atoms with Gasteiger partial charge in [-0.05, 0) is 59.2 Å². The normalized spacial score (nSPS) is 16.1. The smallest absolute Gasteiger partial charge is 0.311 e. The van der Waals surface area contributed by atoms with Crippen molar-refractivity contribution in [3.63, 3.8) is 0 Å².